The summed E-state index contributed by atoms with van der Waals surface area (Å²) in [6.45, 7) is 0.513. The Morgan fingerprint density at radius 3 is 2.60 bits per heavy atom. The maximum atomic E-state index is 11.4. The number of carbonyl (C=O) groups is 1. The first kappa shape index (κ1) is 16.6. The van der Waals surface area contributed by atoms with Crippen LogP contribution in [0.3, 0.4) is 0 Å². The normalized spacial score (nSPS) is 10.5. The van der Waals surface area contributed by atoms with Crippen LogP contribution in [0.1, 0.15) is 11.1 Å². The van der Waals surface area contributed by atoms with Crippen LogP contribution in [-0.4, -0.2) is 40.4 Å². The van der Waals surface area contributed by atoms with Gasteiger partial charge < -0.3 is 9.47 Å². The molecule has 0 amide bonds. The Kier molecular flexibility index (Phi) is 5.03. The van der Waals surface area contributed by atoms with Crippen molar-refractivity contribution >= 4 is 5.97 Å². The zero-order valence-electron chi connectivity index (χ0n) is 14.0. The number of rotatable bonds is 6. The van der Waals surface area contributed by atoms with Gasteiger partial charge in [-0.25, -0.2) is 0 Å². The fourth-order valence-electron chi connectivity index (χ4n) is 2.38. The summed E-state index contributed by atoms with van der Waals surface area (Å²) in [5.41, 5.74) is 2.70. The molecule has 0 aliphatic rings. The number of nitrogens with zero attached hydrogens (tertiary/aromatic N) is 4. The van der Waals surface area contributed by atoms with E-state index in [0.717, 1.165) is 22.4 Å². The van der Waals surface area contributed by atoms with E-state index < -0.39 is 0 Å². The molecule has 0 bridgehead atoms. The summed E-state index contributed by atoms with van der Waals surface area (Å²) in [5, 5.41) is 12.6. The maximum absolute atomic E-state index is 11.4. The number of aromatic nitrogens is 4. The first-order chi connectivity index (χ1) is 12.2. The van der Waals surface area contributed by atoms with Crippen LogP contribution >= 0.6 is 0 Å². The van der Waals surface area contributed by atoms with Gasteiger partial charge in [0.15, 0.2) is 0 Å². The van der Waals surface area contributed by atoms with E-state index in [4.69, 9.17) is 9.47 Å². The van der Waals surface area contributed by atoms with Crippen LogP contribution in [0, 0.1) is 0 Å². The molecule has 0 unspecified atom stereocenters. The predicted molar refractivity (Wildman–Crippen MR) is 91.1 cm³/mol. The molecular weight excluding hydrogens is 320 g/mol. The average Bonchev–Trinajstić information content (AvgIpc) is 3.11. The molecule has 7 nitrogen and oxygen atoms in total. The minimum Gasteiger partial charge on any atom is -0.497 e. The number of ether oxygens (including phenoxy) is 2. The summed E-state index contributed by atoms with van der Waals surface area (Å²) in [7, 11) is 3.01. The minimum atomic E-state index is -0.284. The average molecular weight is 338 g/mol. The maximum Gasteiger partial charge on any atom is 0.309 e. The van der Waals surface area contributed by atoms with Gasteiger partial charge in [0.05, 0.1) is 27.2 Å². The number of tetrazole rings is 1. The molecule has 1 heterocycles. The second-order valence-electron chi connectivity index (χ2n) is 5.44. The van der Waals surface area contributed by atoms with E-state index >= 15 is 0 Å². The zero-order valence-corrected chi connectivity index (χ0v) is 14.0. The van der Waals surface area contributed by atoms with E-state index in [0.29, 0.717) is 12.4 Å². The van der Waals surface area contributed by atoms with Gasteiger partial charge in [-0.05, 0) is 34.5 Å². The van der Waals surface area contributed by atoms with Gasteiger partial charge in [0.2, 0.25) is 5.82 Å². The Morgan fingerprint density at radius 1 is 1.08 bits per heavy atom. The zero-order chi connectivity index (χ0) is 17.6. The van der Waals surface area contributed by atoms with Crippen molar-refractivity contribution in [3.05, 3.63) is 59.7 Å². The van der Waals surface area contributed by atoms with E-state index in [-0.39, 0.29) is 12.4 Å². The molecule has 2 aromatic carbocycles. The van der Waals surface area contributed by atoms with E-state index in [1.807, 2.05) is 48.5 Å². The highest BCUT2D eigenvalue weighted by molar-refractivity contribution is 5.73. The number of carbonyl (C=O) groups excluding carboxylic acids is 1. The van der Waals surface area contributed by atoms with Crippen LogP contribution in [0.15, 0.2) is 48.5 Å². The molecule has 3 rings (SSSR count). The Hall–Kier alpha value is -3.22. The van der Waals surface area contributed by atoms with Gasteiger partial charge in [-0.15, -0.1) is 10.2 Å². The Labute approximate surface area is 145 Å². The second-order valence-corrected chi connectivity index (χ2v) is 5.44. The highest BCUT2D eigenvalue weighted by Gasteiger charge is 2.09. The van der Waals surface area contributed by atoms with Crippen molar-refractivity contribution in [2.24, 2.45) is 0 Å². The molecule has 0 atom stereocenters. The molecule has 0 saturated carbocycles. The molecule has 0 fully saturated rings. The van der Waals surface area contributed by atoms with Crippen molar-refractivity contribution in [3.8, 4) is 17.1 Å². The van der Waals surface area contributed by atoms with E-state index in [1.165, 1.54) is 11.9 Å². The van der Waals surface area contributed by atoms with E-state index in [2.05, 4.69) is 15.4 Å². The SMILES string of the molecule is COC(=O)Cc1cccc(-c2nnn(Cc3ccc(OC)cc3)n2)c1. The summed E-state index contributed by atoms with van der Waals surface area (Å²) in [6, 6.07) is 15.2. The summed E-state index contributed by atoms with van der Waals surface area (Å²) in [6.07, 6.45) is 0.213. The van der Waals surface area contributed by atoms with Crippen LogP contribution in [0.5, 0.6) is 5.75 Å². The van der Waals surface area contributed by atoms with Gasteiger partial charge in [0, 0.05) is 5.56 Å². The summed E-state index contributed by atoms with van der Waals surface area (Å²) in [5.74, 6) is 1.03. The van der Waals surface area contributed by atoms with Gasteiger partial charge >= 0.3 is 5.97 Å². The minimum absolute atomic E-state index is 0.213. The van der Waals surface area contributed by atoms with Gasteiger partial charge in [-0.1, -0.05) is 30.3 Å². The van der Waals surface area contributed by atoms with Crippen LogP contribution in [0.2, 0.25) is 0 Å². The molecule has 0 aliphatic heterocycles. The second kappa shape index (κ2) is 7.57. The number of esters is 1. The lowest BCUT2D eigenvalue weighted by Gasteiger charge is -2.02. The fourth-order valence-corrected chi connectivity index (χ4v) is 2.38. The number of hydrogen-bond donors (Lipinski definition) is 0. The van der Waals surface area contributed by atoms with Gasteiger partial charge in [-0.2, -0.15) is 4.80 Å². The molecule has 0 spiro atoms. The van der Waals surface area contributed by atoms with Crippen molar-refractivity contribution in [2.75, 3.05) is 14.2 Å². The standard InChI is InChI=1S/C18H18N4O3/c1-24-16-8-6-13(7-9-16)12-22-20-18(19-21-22)15-5-3-4-14(10-15)11-17(23)25-2/h3-10H,11-12H2,1-2H3. The van der Waals surface area contributed by atoms with E-state index in [9.17, 15) is 4.79 Å². The molecule has 7 heteroatoms. The fraction of sp³-hybridized carbons (Fsp3) is 0.222. The summed E-state index contributed by atoms with van der Waals surface area (Å²) in [4.78, 5) is 12.9. The molecule has 0 saturated heterocycles. The Morgan fingerprint density at radius 2 is 1.88 bits per heavy atom. The summed E-state index contributed by atoms with van der Waals surface area (Å²) < 4.78 is 9.84. The van der Waals surface area contributed by atoms with Crippen LogP contribution in [0.25, 0.3) is 11.4 Å². The lowest BCUT2D eigenvalue weighted by atomic mass is 10.1. The van der Waals surface area contributed by atoms with Crippen LogP contribution in [0.4, 0.5) is 0 Å². The number of benzene rings is 2. The highest BCUT2D eigenvalue weighted by Crippen LogP contribution is 2.17. The molecule has 0 N–H and O–H groups in total. The third-order valence-corrected chi connectivity index (χ3v) is 3.70. The van der Waals surface area contributed by atoms with Crippen molar-refractivity contribution in [2.45, 2.75) is 13.0 Å². The molecule has 0 radical (unpaired) electrons. The van der Waals surface area contributed by atoms with Crippen LogP contribution in [-0.2, 0) is 22.5 Å². The van der Waals surface area contributed by atoms with Crippen molar-refractivity contribution < 1.29 is 14.3 Å². The third-order valence-electron chi connectivity index (χ3n) is 3.70. The molecule has 1 aromatic heterocycles. The highest BCUT2D eigenvalue weighted by atomic mass is 16.5. The Balaban J connectivity index is 1.74. The lowest BCUT2D eigenvalue weighted by Crippen LogP contribution is -2.04. The van der Waals surface area contributed by atoms with Crippen molar-refractivity contribution in [1.82, 2.24) is 20.2 Å². The molecular formula is C18H18N4O3. The van der Waals surface area contributed by atoms with Crippen molar-refractivity contribution in [1.29, 1.82) is 0 Å². The smallest absolute Gasteiger partial charge is 0.309 e. The first-order valence-corrected chi connectivity index (χ1v) is 7.75. The van der Waals surface area contributed by atoms with Crippen LogP contribution < -0.4 is 4.74 Å². The third kappa shape index (κ3) is 4.20. The molecule has 0 aliphatic carbocycles. The molecule has 3 aromatic rings. The van der Waals surface area contributed by atoms with Crippen molar-refractivity contribution in [3.63, 3.8) is 0 Å². The van der Waals surface area contributed by atoms with E-state index in [1.54, 1.807) is 7.11 Å². The lowest BCUT2D eigenvalue weighted by molar-refractivity contribution is -0.139. The van der Waals surface area contributed by atoms with Gasteiger partial charge in [0.1, 0.15) is 5.75 Å². The van der Waals surface area contributed by atoms with Gasteiger partial charge in [-0.3, -0.25) is 4.79 Å². The predicted octanol–water partition coefficient (Wildman–Crippen LogP) is 2.11. The number of methoxy groups -OCH3 is 2. The number of hydrogen-bond acceptors (Lipinski definition) is 6. The summed E-state index contributed by atoms with van der Waals surface area (Å²) >= 11 is 0. The topological polar surface area (TPSA) is 79.1 Å². The van der Waals surface area contributed by atoms with Gasteiger partial charge in [0.25, 0.3) is 0 Å². The molecule has 128 valence electrons. The Bertz CT molecular complexity index is 859. The monoisotopic (exact) mass is 338 g/mol. The first-order valence-electron chi connectivity index (χ1n) is 7.75. The quantitative estimate of drug-likeness (QED) is 0.641. The molecule has 25 heavy (non-hydrogen) atoms. The largest absolute Gasteiger partial charge is 0.497 e.